The van der Waals surface area contributed by atoms with E-state index in [9.17, 15) is 14.4 Å². The number of thioether (sulfide) groups is 1. The molecule has 162 valence electrons. The van der Waals surface area contributed by atoms with E-state index in [1.54, 1.807) is 72.8 Å². The first-order valence-corrected chi connectivity index (χ1v) is 10.8. The van der Waals surface area contributed by atoms with Crippen molar-refractivity contribution >= 4 is 35.1 Å². The summed E-state index contributed by atoms with van der Waals surface area (Å²) in [6.45, 7) is -0.196. The minimum atomic E-state index is -0.617. The number of ether oxygens (including phenoxy) is 3. The second-order valence-corrected chi connectivity index (χ2v) is 7.78. The van der Waals surface area contributed by atoms with Gasteiger partial charge in [0.25, 0.3) is 0 Å². The van der Waals surface area contributed by atoms with Crippen LogP contribution in [0, 0.1) is 0 Å². The van der Waals surface area contributed by atoms with Gasteiger partial charge in [-0.25, -0.2) is 4.79 Å². The lowest BCUT2D eigenvalue weighted by Crippen LogP contribution is -2.16. The summed E-state index contributed by atoms with van der Waals surface area (Å²) >= 11 is 1.21. The largest absolute Gasteiger partial charge is 0.454 e. The molecule has 32 heavy (non-hydrogen) atoms. The van der Waals surface area contributed by atoms with Crippen molar-refractivity contribution in [1.82, 2.24) is 0 Å². The number of fused-ring (bicyclic) bond motifs is 1. The van der Waals surface area contributed by atoms with E-state index in [0.717, 1.165) is 0 Å². The van der Waals surface area contributed by atoms with Gasteiger partial charge in [0.05, 0.1) is 11.3 Å². The Bertz CT molecular complexity index is 1150. The second-order valence-electron chi connectivity index (χ2n) is 6.77. The minimum absolute atomic E-state index is 0.0850. The van der Waals surface area contributed by atoms with Gasteiger partial charge in [0.2, 0.25) is 12.7 Å². The lowest BCUT2D eigenvalue weighted by atomic mass is 10.1. The molecule has 4 rings (SSSR count). The summed E-state index contributed by atoms with van der Waals surface area (Å²) in [5.74, 6) is 0.156. The zero-order valence-electron chi connectivity index (χ0n) is 16.9. The molecule has 3 aromatic carbocycles. The highest BCUT2D eigenvalue weighted by Gasteiger charge is 2.17. The molecule has 0 saturated heterocycles. The van der Waals surface area contributed by atoms with Crippen LogP contribution in [0.4, 0.5) is 5.69 Å². The summed E-state index contributed by atoms with van der Waals surface area (Å²) in [6, 6.07) is 20.6. The summed E-state index contributed by atoms with van der Waals surface area (Å²) < 4.78 is 15.8. The number of nitrogens with one attached hydrogen (secondary N) is 1. The van der Waals surface area contributed by atoms with Crippen LogP contribution in [0.15, 0.2) is 77.7 Å². The Hall–Kier alpha value is -3.78. The number of carbonyl (C=O) groups is 3. The van der Waals surface area contributed by atoms with Gasteiger partial charge in [-0.15, -0.1) is 11.8 Å². The monoisotopic (exact) mass is 449 g/mol. The molecule has 0 saturated carbocycles. The van der Waals surface area contributed by atoms with Crippen LogP contribution < -0.4 is 14.8 Å². The molecule has 0 unspecified atom stereocenters. The first kappa shape index (κ1) is 21.5. The number of Topliss-reactive ketones (excluding diaryl/α,β-unsaturated/α-hetero) is 1. The Balaban J connectivity index is 1.33. The molecule has 0 radical (unpaired) electrons. The number of ketones is 1. The number of rotatable bonds is 8. The SMILES string of the molecule is O=C(CSc1ccccc1C(=O)OCC(=O)c1ccccc1)Nc1ccc2c(c1)OCO2. The third-order valence-corrected chi connectivity index (χ3v) is 5.63. The highest BCUT2D eigenvalue weighted by atomic mass is 32.2. The number of anilines is 1. The zero-order valence-corrected chi connectivity index (χ0v) is 17.7. The average molecular weight is 449 g/mol. The highest BCUT2D eigenvalue weighted by Crippen LogP contribution is 2.34. The van der Waals surface area contributed by atoms with Crippen molar-refractivity contribution in [2.45, 2.75) is 4.90 Å². The molecule has 1 N–H and O–H groups in total. The van der Waals surface area contributed by atoms with Crippen LogP contribution in [0.1, 0.15) is 20.7 Å². The van der Waals surface area contributed by atoms with Gasteiger partial charge < -0.3 is 19.5 Å². The standard InChI is InChI=1S/C24H19NO6S/c26-19(16-6-2-1-3-7-16)13-29-24(28)18-8-4-5-9-22(18)32-14-23(27)25-17-10-11-20-21(12-17)31-15-30-20/h1-12H,13-15H2,(H,25,27). The molecule has 0 atom stereocenters. The van der Waals surface area contributed by atoms with E-state index < -0.39 is 5.97 Å². The number of hydrogen-bond donors (Lipinski definition) is 1. The molecule has 0 spiro atoms. The number of esters is 1. The fourth-order valence-electron chi connectivity index (χ4n) is 2.99. The van der Waals surface area contributed by atoms with Crippen molar-refractivity contribution in [1.29, 1.82) is 0 Å². The Morgan fingerprint density at radius 2 is 1.66 bits per heavy atom. The molecule has 1 aliphatic heterocycles. The fourth-order valence-corrected chi connectivity index (χ4v) is 3.83. The van der Waals surface area contributed by atoms with E-state index in [0.29, 0.717) is 33.2 Å². The molecule has 0 bridgehead atoms. The van der Waals surface area contributed by atoms with Crippen LogP contribution in [0.5, 0.6) is 11.5 Å². The van der Waals surface area contributed by atoms with E-state index in [4.69, 9.17) is 14.2 Å². The molecular weight excluding hydrogens is 430 g/mol. The maximum atomic E-state index is 12.5. The normalized spacial score (nSPS) is 11.6. The van der Waals surface area contributed by atoms with Crippen molar-refractivity contribution in [2.75, 3.05) is 24.5 Å². The lowest BCUT2D eigenvalue weighted by Gasteiger charge is -2.10. The minimum Gasteiger partial charge on any atom is -0.454 e. The van der Waals surface area contributed by atoms with Gasteiger partial charge in [0, 0.05) is 22.2 Å². The summed E-state index contributed by atoms with van der Waals surface area (Å²) in [5.41, 5.74) is 1.37. The van der Waals surface area contributed by atoms with Gasteiger partial charge in [-0.1, -0.05) is 42.5 Å². The van der Waals surface area contributed by atoms with E-state index in [2.05, 4.69) is 5.32 Å². The van der Waals surface area contributed by atoms with Gasteiger partial charge in [0.1, 0.15) is 0 Å². The summed E-state index contributed by atoms with van der Waals surface area (Å²) in [6.07, 6.45) is 0. The van der Waals surface area contributed by atoms with E-state index in [1.807, 2.05) is 0 Å². The van der Waals surface area contributed by atoms with Crippen LogP contribution in [0.2, 0.25) is 0 Å². The predicted molar refractivity (Wildman–Crippen MR) is 119 cm³/mol. The maximum absolute atomic E-state index is 12.5. The van der Waals surface area contributed by atoms with Gasteiger partial charge in [-0.05, 0) is 24.3 Å². The van der Waals surface area contributed by atoms with E-state index >= 15 is 0 Å². The molecule has 0 aliphatic carbocycles. The molecule has 1 amide bonds. The Kier molecular flexibility index (Phi) is 6.72. The Morgan fingerprint density at radius 3 is 2.50 bits per heavy atom. The van der Waals surface area contributed by atoms with Gasteiger partial charge in [-0.3, -0.25) is 9.59 Å². The van der Waals surface area contributed by atoms with Crippen LogP contribution in [0.3, 0.4) is 0 Å². The topological polar surface area (TPSA) is 90.9 Å². The van der Waals surface area contributed by atoms with Crippen LogP contribution >= 0.6 is 11.8 Å². The summed E-state index contributed by atoms with van der Waals surface area (Å²) in [4.78, 5) is 37.7. The van der Waals surface area contributed by atoms with Crippen molar-refractivity contribution in [2.24, 2.45) is 0 Å². The highest BCUT2D eigenvalue weighted by molar-refractivity contribution is 8.00. The smallest absolute Gasteiger partial charge is 0.339 e. The van der Waals surface area contributed by atoms with Crippen molar-refractivity contribution in [3.63, 3.8) is 0 Å². The molecule has 8 heteroatoms. The van der Waals surface area contributed by atoms with Crippen molar-refractivity contribution < 1.29 is 28.6 Å². The van der Waals surface area contributed by atoms with Crippen LogP contribution in [-0.2, 0) is 9.53 Å². The molecule has 3 aromatic rings. The molecule has 1 heterocycles. The molecule has 0 fully saturated rings. The average Bonchev–Trinajstić information content (AvgIpc) is 3.29. The Labute approximate surface area is 188 Å². The number of carbonyl (C=O) groups excluding carboxylic acids is 3. The van der Waals surface area contributed by atoms with Crippen LogP contribution in [0.25, 0.3) is 0 Å². The molecular formula is C24H19NO6S. The van der Waals surface area contributed by atoms with E-state index in [1.165, 1.54) is 11.8 Å². The summed E-state index contributed by atoms with van der Waals surface area (Å²) in [7, 11) is 0. The molecule has 7 nitrogen and oxygen atoms in total. The number of amides is 1. The summed E-state index contributed by atoms with van der Waals surface area (Å²) in [5, 5.41) is 2.79. The third-order valence-electron chi connectivity index (χ3n) is 4.55. The van der Waals surface area contributed by atoms with Crippen molar-refractivity contribution in [3.05, 3.63) is 83.9 Å². The predicted octanol–water partition coefficient (Wildman–Crippen LogP) is 4.19. The second kappa shape index (κ2) is 10.0. The third kappa shape index (κ3) is 5.28. The lowest BCUT2D eigenvalue weighted by molar-refractivity contribution is -0.113. The first-order chi connectivity index (χ1) is 15.6. The van der Waals surface area contributed by atoms with Crippen molar-refractivity contribution in [3.8, 4) is 11.5 Å². The van der Waals surface area contributed by atoms with Crippen LogP contribution in [-0.4, -0.2) is 36.8 Å². The van der Waals surface area contributed by atoms with Gasteiger partial charge in [-0.2, -0.15) is 0 Å². The quantitative estimate of drug-likeness (QED) is 0.313. The molecule has 0 aromatic heterocycles. The molecule has 1 aliphatic rings. The van der Waals surface area contributed by atoms with E-state index in [-0.39, 0.29) is 30.8 Å². The number of benzene rings is 3. The fraction of sp³-hybridized carbons (Fsp3) is 0.125. The first-order valence-electron chi connectivity index (χ1n) is 9.77. The van der Waals surface area contributed by atoms with Gasteiger partial charge in [0.15, 0.2) is 23.9 Å². The number of hydrogen-bond acceptors (Lipinski definition) is 7. The maximum Gasteiger partial charge on any atom is 0.339 e. The van der Waals surface area contributed by atoms with Gasteiger partial charge >= 0.3 is 5.97 Å². The zero-order chi connectivity index (χ0) is 22.3. The Morgan fingerprint density at radius 1 is 0.906 bits per heavy atom.